The van der Waals surface area contributed by atoms with Crippen molar-refractivity contribution in [3.8, 4) is 16.9 Å². The summed E-state index contributed by atoms with van der Waals surface area (Å²) in [5.74, 6) is -1.64. The second-order valence-corrected chi connectivity index (χ2v) is 9.89. The molecule has 4 aromatic rings. The van der Waals surface area contributed by atoms with Crippen LogP contribution in [0.1, 0.15) is 37.4 Å². The predicted octanol–water partition coefficient (Wildman–Crippen LogP) is 4.86. The number of alkyl halides is 1. The summed E-state index contributed by atoms with van der Waals surface area (Å²) in [6.45, 7) is 5.22. The van der Waals surface area contributed by atoms with Crippen LogP contribution in [-0.2, 0) is 9.53 Å². The zero-order valence-electron chi connectivity index (χ0n) is 20.4. The molecule has 0 saturated carbocycles. The number of halogens is 3. The van der Waals surface area contributed by atoms with Crippen LogP contribution in [0.5, 0.6) is 0 Å². The number of nitrogens with zero attached hydrogens (tertiary/aromatic N) is 5. The quantitative estimate of drug-likeness (QED) is 0.335. The summed E-state index contributed by atoms with van der Waals surface area (Å²) in [5.41, 5.74) is 0.0509. The first-order chi connectivity index (χ1) is 17.9. The van der Waals surface area contributed by atoms with Crippen molar-refractivity contribution in [2.45, 2.75) is 32.7 Å². The molecule has 0 fully saturated rings. The van der Waals surface area contributed by atoms with E-state index in [1.165, 1.54) is 35.1 Å². The molecule has 196 valence electrons. The topological polar surface area (TPSA) is 121 Å². The van der Waals surface area contributed by atoms with E-state index in [1.807, 2.05) is 0 Å². The number of anilines is 1. The van der Waals surface area contributed by atoms with Gasteiger partial charge in [-0.15, -0.1) is 5.10 Å². The molecule has 13 heteroatoms. The molecule has 0 aliphatic heterocycles. The third kappa shape index (κ3) is 6.24. The molecule has 1 N–H and O–H groups in total. The smallest absolute Gasteiger partial charge is 0.338 e. The molecule has 1 amide bonds. The average molecular weight is 559 g/mol. The van der Waals surface area contributed by atoms with E-state index in [2.05, 4.69) is 20.6 Å². The first kappa shape index (κ1) is 27.0. The van der Waals surface area contributed by atoms with Gasteiger partial charge in [0.2, 0.25) is 0 Å². The first-order valence-corrected chi connectivity index (χ1v) is 11.9. The van der Waals surface area contributed by atoms with Gasteiger partial charge >= 0.3 is 5.97 Å². The van der Waals surface area contributed by atoms with Crippen LogP contribution in [-0.4, -0.2) is 42.0 Å². The van der Waals surface area contributed by atoms with Crippen molar-refractivity contribution < 1.29 is 18.7 Å². The Hall–Kier alpha value is -4.09. The maximum Gasteiger partial charge on any atom is 0.338 e. The van der Waals surface area contributed by atoms with Crippen molar-refractivity contribution in [2.24, 2.45) is 0 Å². The molecule has 1 atom stereocenters. The van der Waals surface area contributed by atoms with Gasteiger partial charge in [0, 0.05) is 22.3 Å². The predicted molar refractivity (Wildman–Crippen MR) is 139 cm³/mol. The van der Waals surface area contributed by atoms with Crippen LogP contribution in [0.4, 0.5) is 10.1 Å². The Morgan fingerprint density at radius 2 is 1.79 bits per heavy atom. The van der Waals surface area contributed by atoms with Crippen LogP contribution in [0.2, 0.25) is 10.2 Å². The standard InChI is InChI=1S/C25H21Cl2FN6O4/c1-25(2,3)38-24(37)14-4-7-16(8-5-14)30-23(36)22(28)33-13-29-18(11-21(33)35)17-10-15(26)6-9-19(17)34-12-20(27)31-32-34/h4-13,22H,1-3H3,(H,30,36). The van der Waals surface area contributed by atoms with Crippen molar-refractivity contribution in [3.05, 3.63) is 87.1 Å². The summed E-state index contributed by atoms with van der Waals surface area (Å²) in [4.78, 5) is 41.5. The van der Waals surface area contributed by atoms with Gasteiger partial charge in [0.15, 0.2) is 5.15 Å². The maximum absolute atomic E-state index is 15.0. The molecule has 1 unspecified atom stereocenters. The molecule has 0 aliphatic rings. The molecule has 0 spiro atoms. The highest BCUT2D eigenvalue weighted by Gasteiger charge is 2.23. The number of carbonyl (C=O) groups is 2. The van der Waals surface area contributed by atoms with E-state index in [-0.39, 0.29) is 22.1 Å². The van der Waals surface area contributed by atoms with E-state index in [0.717, 1.165) is 12.4 Å². The van der Waals surface area contributed by atoms with Gasteiger partial charge in [-0.05, 0) is 63.2 Å². The molecule has 2 aromatic carbocycles. The summed E-state index contributed by atoms with van der Waals surface area (Å²) in [6.07, 6.45) is 0.00633. The minimum Gasteiger partial charge on any atom is -0.456 e. The lowest BCUT2D eigenvalue weighted by Crippen LogP contribution is -2.30. The minimum atomic E-state index is -2.37. The number of carbonyl (C=O) groups excluding carboxylic acids is 2. The highest BCUT2D eigenvalue weighted by atomic mass is 35.5. The normalized spacial score (nSPS) is 12.2. The van der Waals surface area contributed by atoms with Gasteiger partial charge < -0.3 is 10.1 Å². The van der Waals surface area contributed by atoms with Gasteiger partial charge in [-0.3, -0.25) is 14.2 Å². The Morgan fingerprint density at radius 1 is 1.08 bits per heavy atom. The number of amides is 1. The zero-order valence-corrected chi connectivity index (χ0v) is 21.9. The average Bonchev–Trinajstić information content (AvgIpc) is 3.28. The zero-order chi connectivity index (χ0) is 27.6. The number of hydrogen-bond acceptors (Lipinski definition) is 7. The molecule has 0 aliphatic carbocycles. The number of nitrogens with one attached hydrogen (secondary N) is 1. The van der Waals surface area contributed by atoms with Crippen molar-refractivity contribution in [2.75, 3.05) is 5.32 Å². The molecule has 2 heterocycles. The van der Waals surface area contributed by atoms with E-state index in [9.17, 15) is 18.8 Å². The van der Waals surface area contributed by atoms with Gasteiger partial charge in [-0.25, -0.2) is 18.9 Å². The molecule has 0 bridgehead atoms. The number of aromatic nitrogens is 5. The summed E-state index contributed by atoms with van der Waals surface area (Å²) in [7, 11) is 0. The summed E-state index contributed by atoms with van der Waals surface area (Å²) in [6, 6.07) is 11.6. The highest BCUT2D eigenvalue weighted by Crippen LogP contribution is 2.28. The summed E-state index contributed by atoms with van der Waals surface area (Å²) >= 11 is 12.0. The molecule has 2 aromatic heterocycles. The largest absolute Gasteiger partial charge is 0.456 e. The number of benzene rings is 2. The van der Waals surface area contributed by atoms with E-state index in [4.69, 9.17) is 27.9 Å². The Balaban J connectivity index is 1.52. The van der Waals surface area contributed by atoms with Crippen LogP contribution in [0.3, 0.4) is 0 Å². The number of rotatable bonds is 6. The Morgan fingerprint density at radius 3 is 2.39 bits per heavy atom. The highest BCUT2D eigenvalue weighted by molar-refractivity contribution is 6.31. The van der Waals surface area contributed by atoms with Crippen molar-refractivity contribution in [3.63, 3.8) is 0 Å². The van der Waals surface area contributed by atoms with E-state index < -0.39 is 29.3 Å². The number of ether oxygens (including phenoxy) is 1. The van der Waals surface area contributed by atoms with Crippen LogP contribution >= 0.6 is 23.2 Å². The van der Waals surface area contributed by atoms with Crippen molar-refractivity contribution in [1.82, 2.24) is 24.5 Å². The molecule has 0 saturated heterocycles. The number of hydrogen-bond donors (Lipinski definition) is 1. The summed E-state index contributed by atoms with van der Waals surface area (Å²) in [5, 5.41) is 10.5. The molecule has 10 nitrogen and oxygen atoms in total. The Kier molecular flexibility index (Phi) is 7.61. The van der Waals surface area contributed by atoms with E-state index in [1.54, 1.807) is 39.0 Å². The second kappa shape index (κ2) is 10.7. The van der Waals surface area contributed by atoms with Gasteiger partial charge in [-0.2, -0.15) is 0 Å². The minimum absolute atomic E-state index is 0.153. The molecular formula is C25H21Cl2FN6O4. The lowest BCUT2D eigenvalue weighted by Gasteiger charge is -2.19. The van der Waals surface area contributed by atoms with Gasteiger partial charge in [0.05, 0.1) is 23.1 Å². The van der Waals surface area contributed by atoms with Crippen LogP contribution < -0.4 is 10.9 Å². The van der Waals surface area contributed by atoms with E-state index in [0.29, 0.717) is 20.8 Å². The van der Waals surface area contributed by atoms with E-state index >= 15 is 0 Å². The third-order valence-electron chi connectivity index (χ3n) is 5.03. The molecular weight excluding hydrogens is 538 g/mol. The maximum atomic E-state index is 15.0. The lowest BCUT2D eigenvalue weighted by atomic mass is 10.1. The molecule has 0 radical (unpaired) electrons. The number of esters is 1. The Labute approximate surface area is 226 Å². The Bertz CT molecular complexity index is 1560. The van der Waals surface area contributed by atoms with Crippen molar-refractivity contribution >= 4 is 40.8 Å². The van der Waals surface area contributed by atoms with Gasteiger partial charge in [0.1, 0.15) is 11.9 Å². The monoisotopic (exact) mass is 558 g/mol. The lowest BCUT2D eigenvalue weighted by molar-refractivity contribution is -0.123. The molecule has 4 rings (SSSR count). The fourth-order valence-electron chi connectivity index (χ4n) is 3.36. The van der Waals surface area contributed by atoms with Gasteiger partial charge in [-0.1, -0.05) is 28.4 Å². The SMILES string of the molecule is CC(C)(C)OC(=O)c1ccc(NC(=O)C(F)n2cnc(-c3cc(Cl)ccc3-n3cc(Cl)nn3)cc2=O)cc1. The summed E-state index contributed by atoms with van der Waals surface area (Å²) < 4.78 is 22.2. The van der Waals surface area contributed by atoms with Crippen LogP contribution in [0.25, 0.3) is 16.9 Å². The first-order valence-electron chi connectivity index (χ1n) is 11.2. The fraction of sp³-hybridized carbons (Fsp3) is 0.200. The van der Waals surface area contributed by atoms with Gasteiger partial charge in [0.25, 0.3) is 17.8 Å². The van der Waals surface area contributed by atoms with Crippen LogP contribution in [0.15, 0.2) is 65.8 Å². The van der Waals surface area contributed by atoms with Crippen molar-refractivity contribution in [1.29, 1.82) is 0 Å². The van der Waals surface area contributed by atoms with Crippen LogP contribution in [0, 0.1) is 0 Å². The third-order valence-corrected chi connectivity index (χ3v) is 5.44. The second-order valence-electron chi connectivity index (χ2n) is 9.07. The molecule has 38 heavy (non-hydrogen) atoms. The fourth-order valence-corrected chi connectivity index (χ4v) is 3.66.